The third-order valence-electron chi connectivity index (χ3n) is 2.62. The molecule has 1 atom stereocenters. The molecule has 2 N–H and O–H groups in total. The Hall–Kier alpha value is -1.46. The van der Waals surface area contributed by atoms with Gasteiger partial charge in [0.25, 0.3) is 0 Å². The van der Waals surface area contributed by atoms with E-state index in [4.69, 9.17) is 10.5 Å². The number of benzene rings is 1. The lowest BCUT2D eigenvalue weighted by molar-refractivity contribution is 0.383. The second-order valence-electron chi connectivity index (χ2n) is 3.74. The van der Waals surface area contributed by atoms with Crippen LogP contribution in [0.1, 0.15) is 17.3 Å². The first-order valence-electron chi connectivity index (χ1n) is 5.33. The number of nitrogens with zero attached hydrogens (tertiary/aromatic N) is 1. The maximum absolute atomic E-state index is 14.0. The predicted octanol–water partition coefficient (Wildman–Crippen LogP) is 3.04. The molecule has 1 unspecified atom stereocenters. The first kappa shape index (κ1) is 13.0. The van der Waals surface area contributed by atoms with Crippen LogP contribution in [0.3, 0.4) is 0 Å². The number of rotatable bonds is 3. The standard InChI is InChI=1S/C13H12BrFN2O/c1-18-11-4-2-3-9(12(11)15)13(16)10-6-5-8(14)7-17-10/h2-7,13H,16H2,1H3. The molecule has 2 rings (SSSR count). The van der Waals surface area contributed by atoms with Gasteiger partial charge in [-0.1, -0.05) is 12.1 Å². The zero-order chi connectivity index (χ0) is 13.1. The molecule has 18 heavy (non-hydrogen) atoms. The number of nitrogens with two attached hydrogens (primary N) is 1. The highest BCUT2D eigenvalue weighted by Crippen LogP contribution is 2.27. The van der Waals surface area contributed by atoms with Crippen molar-refractivity contribution < 1.29 is 9.13 Å². The maximum Gasteiger partial charge on any atom is 0.170 e. The Bertz CT molecular complexity index is 545. The van der Waals surface area contributed by atoms with E-state index in [2.05, 4.69) is 20.9 Å². The number of halogens is 2. The van der Waals surface area contributed by atoms with Crippen molar-refractivity contribution >= 4 is 15.9 Å². The zero-order valence-corrected chi connectivity index (χ0v) is 11.3. The lowest BCUT2D eigenvalue weighted by Gasteiger charge is -2.14. The number of hydrogen-bond donors (Lipinski definition) is 1. The molecule has 0 saturated carbocycles. The van der Waals surface area contributed by atoms with Gasteiger partial charge in [-0.3, -0.25) is 4.98 Å². The molecule has 0 spiro atoms. The first-order valence-corrected chi connectivity index (χ1v) is 6.12. The molecule has 3 nitrogen and oxygen atoms in total. The van der Waals surface area contributed by atoms with E-state index in [1.807, 2.05) is 6.07 Å². The minimum atomic E-state index is -0.617. The Kier molecular flexibility index (Phi) is 3.93. The summed E-state index contributed by atoms with van der Waals surface area (Å²) in [5.74, 6) is -0.266. The van der Waals surface area contributed by atoms with Crippen molar-refractivity contribution in [2.45, 2.75) is 6.04 Å². The summed E-state index contributed by atoms with van der Waals surface area (Å²) in [4.78, 5) is 4.17. The molecule has 1 aromatic heterocycles. The predicted molar refractivity (Wildman–Crippen MR) is 70.9 cm³/mol. The van der Waals surface area contributed by atoms with Crippen molar-refractivity contribution in [2.24, 2.45) is 5.73 Å². The van der Waals surface area contributed by atoms with Gasteiger partial charge >= 0.3 is 0 Å². The summed E-state index contributed by atoms with van der Waals surface area (Å²) in [6.07, 6.45) is 1.63. The molecule has 0 bridgehead atoms. The average molecular weight is 311 g/mol. The molecule has 1 aromatic carbocycles. The van der Waals surface area contributed by atoms with Gasteiger partial charge in [0, 0.05) is 16.2 Å². The van der Waals surface area contributed by atoms with Crippen LogP contribution in [-0.4, -0.2) is 12.1 Å². The average Bonchev–Trinajstić information content (AvgIpc) is 2.39. The fourth-order valence-corrected chi connectivity index (χ4v) is 1.89. The maximum atomic E-state index is 14.0. The lowest BCUT2D eigenvalue weighted by atomic mass is 10.0. The lowest BCUT2D eigenvalue weighted by Crippen LogP contribution is -2.15. The SMILES string of the molecule is COc1cccc(C(N)c2ccc(Br)cn2)c1F. The van der Waals surface area contributed by atoms with Gasteiger partial charge in [-0.2, -0.15) is 0 Å². The van der Waals surface area contributed by atoms with Crippen molar-refractivity contribution in [3.8, 4) is 5.75 Å². The van der Waals surface area contributed by atoms with Gasteiger partial charge in [0.1, 0.15) is 0 Å². The fraction of sp³-hybridized carbons (Fsp3) is 0.154. The number of hydrogen-bond acceptors (Lipinski definition) is 3. The van der Waals surface area contributed by atoms with Crippen molar-refractivity contribution in [3.05, 3.63) is 58.1 Å². The largest absolute Gasteiger partial charge is 0.494 e. The van der Waals surface area contributed by atoms with Crippen LogP contribution in [0.4, 0.5) is 4.39 Å². The monoisotopic (exact) mass is 310 g/mol. The number of pyridine rings is 1. The number of ether oxygens (including phenoxy) is 1. The van der Waals surface area contributed by atoms with Crippen LogP contribution in [0.15, 0.2) is 41.0 Å². The number of methoxy groups -OCH3 is 1. The summed E-state index contributed by atoms with van der Waals surface area (Å²) in [7, 11) is 1.42. The van der Waals surface area contributed by atoms with Crippen LogP contribution in [0.2, 0.25) is 0 Å². The molecular formula is C13H12BrFN2O. The van der Waals surface area contributed by atoms with Crippen molar-refractivity contribution in [3.63, 3.8) is 0 Å². The van der Waals surface area contributed by atoms with Gasteiger partial charge in [0.15, 0.2) is 11.6 Å². The Balaban J connectivity index is 2.39. The molecule has 2 aromatic rings. The normalized spacial score (nSPS) is 12.2. The molecular weight excluding hydrogens is 299 g/mol. The summed E-state index contributed by atoms with van der Waals surface area (Å²) in [6, 6.07) is 7.85. The van der Waals surface area contributed by atoms with Gasteiger partial charge in [-0.25, -0.2) is 4.39 Å². The van der Waals surface area contributed by atoms with Gasteiger partial charge in [-0.15, -0.1) is 0 Å². The highest BCUT2D eigenvalue weighted by molar-refractivity contribution is 9.10. The molecule has 0 fully saturated rings. The minimum Gasteiger partial charge on any atom is -0.494 e. The summed E-state index contributed by atoms with van der Waals surface area (Å²) in [6.45, 7) is 0. The summed E-state index contributed by atoms with van der Waals surface area (Å²) in [5.41, 5.74) is 6.98. The van der Waals surface area contributed by atoms with E-state index >= 15 is 0 Å². The summed E-state index contributed by atoms with van der Waals surface area (Å²) >= 11 is 3.29. The van der Waals surface area contributed by atoms with Gasteiger partial charge in [0.05, 0.1) is 18.8 Å². The molecule has 0 amide bonds. The zero-order valence-electron chi connectivity index (χ0n) is 9.73. The van der Waals surface area contributed by atoms with Gasteiger partial charge < -0.3 is 10.5 Å². The van der Waals surface area contributed by atoms with E-state index in [1.165, 1.54) is 7.11 Å². The van der Waals surface area contributed by atoms with Crippen LogP contribution in [-0.2, 0) is 0 Å². The molecule has 5 heteroatoms. The van der Waals surface area contributed by atoms with Crippen LogP contribution in [0.25, 0.3) is 0 Å². The van der Waals surface area contributed by atoms with Gasteiger partial charge in [-0.05, 0) is 34.1 Å². The molecule has 0 aliphatic rings. The quantitative estimate of drug-likeness (QED) is 0.948. The van der Waals surface area contributed by atoms with Crippen molar-refractivity contribution in [2.75, 3.05) is 7.11 Å². The first-order chi connectivity index (χ1) is 8.63. The van der Waals surface area contributed by atoms with Crippen molar-refractivity contribution in [1.82, 2.24) is 4.98 Å². The van der Waals surface area contributed by atoms with E-state index in [0.29, 0.717) is 11.3 Å². The van der Waals surface area contributed by atoms with E-state index in [1.54, 1.807) is 30.5 Å². The minimum absolute atomic E-state index is 0.181. The topological polar surface area (TPSA) is 48.1 Å². The molecule has 0 radical (unpaired) electrons. The smallest absolute Gasteiger partial charge is 0.170 e. The summed E-state index contributed by atoms with van der Waals surface area (Å²) < 4.78 is 19.8. The van der Waals surface area contributed by atoms with Crippen molar-refractivity contribution in [1.29, 1.82) is 0 Å². The second kappa shape index (κ2) is 5.46. The highest BCUT2D eigenvalue weighted by atomic mass is 79.9. The molecule has 94 valence electrons. The van der Waals surface area contributed by atoms with E-state index in [0.717, 1.165) is 4.47 Å². The van der Waals surface area contributed by atoms with E-state index < -0.39 is 11.9 Å². The third kappa shape index (κ3) is 2.52. The second-order valence-corrected chi connectivity index (χ2v) is 4.66. The Morgan fingerprint density at radius 2 is 2.11 bits per heavy atom. The molecule has 0 aliphatic carbocycles. The Morgan fingerprint density at radius 3 is 2.72 bits per heavy atom. The van der Waals surface area contributed by atoms with Crippen LogP contribution < -0.4 is 10.5 Å². The Labute approximate surface area is 113 Å². The van der Waals surface area contributed by atoms with Gasteiger partial charge in [0.2, 0.25) is 0 Å². The Morgan fingerprint density at radius 1 is 1.33 bits per heavy atom. The third-order valence-corrected chi connectivity index (χ3v) is 3.09. The van der Waals surface area contributed by atoms with E-state index in [9.17, 15) is 4.39 Å². The van der Waals surface area contributed by atoms with Crippen LogP contribution in [0, 0.1) is 5.82 Å². The summed E-state index contributed by atoms with van der Waals surface area (Å²) in [5, 5.41) is 0. The van der Waals surface area contributed by atoms with Crippen LogP contribution >= 0.6 is 15.9 Å². The highest BCUT2D eigenvalue weighted by Gasteiger charge is 2.17. The fourth-order valence-electron chi connectivity index (χ4n) is 1.66. The number of aromatic nitrogens is 1. The molecule has 0 aliphatic heterocycles. The molecule has 1 heterocycles. The van der Waals surface area contributed by atoms with Crippen LogP contribution in [0.5, 0.6) is 5.75 Å². The van der Waals surface area contributed by atoms with E-state index in [-0.39, 0.29) is 5.75 Å². The molecule has 0 saturated heterocycles.